The molecule has 2 N–H and O–H groups in total. The van der Waals surface area contributed by atoms with Gasteiger partial charge in [0.05, 0.1) is 13.7 Å². The number of ether oxygens (including phenoxy) is 1. The number of nitrogens with two attached hydrogens (primary N) is 1. The normalized spacial score (nSPS) is 23.0. The van der Waals surface area contributed by atoms with Crippen LogP contribution in [0.25, 0.3) is 0 Å². The number of amides is 2. The van der Waals surface area contributed by atoms with Gasteiger partial charge in [-0.15, -0.1) is 0 Å². The van der Waals surface area contributed by atoms with Gasteiger partial charge >= 0.3 is 0 Å². The van der Waals surface area contributed by atoms with Crippen molar-refractivity contribution in [2.75, 3.05) is 12.8 Å². The molecule has 0 saturated carbocycles. The van der Waals surface area contributed by atoms with Gasteiger partial charge in [0.25, 0.3) is 0 Å². The molecule has 2 rings (SSSR count). The summed E-state index contributed by atoms with van der Waals surface area (Å²) in [5, 5.41) is 0. The van der Waals surface area contributed by atoms with Crippen LogP contribution in [0.4, 0.5) is 5.69 Å². The SMILES string of the molecule is COc1ccc(N)cc1CN1C(=O)C(C)C(C)C1=O. The first-order valence-electron chi connectivity index (χ1n) is 6.23. The predicted molar refractivity (Wildman–Crippen MR) is 71.3 cm³/mol. The Bertz CT molecular complexity index is 507. The Balaban J connectivity index is 2.29. The van der Waals surface area contributed by atoms with Gasteiger partial charge in [-0.3, -0.25) is 14.5 Å². The number of likely N-dealkylation sites (tertiary alicyclic amines) is 1. The average Bonchev–Trinajstić information content (AvgIpc) is 2.57. The summed E-state index contributed by atoms with van der Waals surface area (Å²) in [4.78, 5) is 25.4. The lowest BCUT2D eigenvalue weighted by atomic mass is 10.00. The van der Waals surface area contributed by atoms with Crippen molar-refractivity contribution in [3.63, 3.8) is 0 Å². The maximum absolute atomic E-state index is 12.0. The number of rotatable bonds is 3. The molecule has 0 bridgehead atoms. The van der Waals surface area contributed by atoms with Crippen molar-refractivity contribution < 1.29 is 14.3 Å². The zero-order chi connectivity index (χ0) is 14.2. The Kier molecular flexibility index (Phi) is 3.46. The Labute approximate surface area is 112 Å². The number of nitrogens with zero attached hydrogens (tertiary/aromatic N) is 1. The third kappa shape index (κ3) is 2.28. The van der Waals surface area contributed by atoms with Crippen LogP contribution in [0.3, 0.4) is 0 Å². The molecule has 0 aliphatic carbocycles. The molecule has 1 aromatic rings. The molecular weight excluding hydrogens is 244 g/mol. The lowest BCUT2D eigenvalue weighted by Crippen LogP contribution is -2.30. The summed E-state index contributed by atoms with van der Waals surface area (Å²) in [5.74, 6) is -0.176. The van der Waals surface area contributed by atoms with Crippen molar-refractivity contribution in [1.29, 1.82) is 0 Å². The minimum Gasteiger partial charge on any atom is -0.496 e. The van der Waals surface area contributed by atoms with Crippen molar-refractivity contribution >= 4 is 17.5 Å². The Hall–Kier alpha value is -2.04. The molecule has 5 nitrogen and oxygen atoms in total. The van der Waals surface area contributed by atoms with Crippen LogP contribution in [0.5, 0.6) is 5.75 Å². The second-order valence-electron chi connectivity index (χ2n) is 4.91. The first-order chi connectivity index (χ1) is 8.95. The largest absolute Gasteiger partial charge is 0.496 e. The number of hydrogen-bond acceptors (Lipinski definition) is 4. The van der Waals surface area contributed by atoms with E-state index in [4.69, 9.17) is 10.5 Å². The Morgan fingerprint density at radius 2 is 1.79 bits per heavy atom. The van der Waals surface area contributed by atoms with Crippen molar-refractivity contribution in [3.8, 4) is 5.75 Å². The minimum atomic E-state index is -0.264. The summed E-state index contributed by atoms with van der Waals surface area (Å²) in [6.45, 7) is 3.77. The molecule has 19 heavy (non-hydrogen) atoms. The van der Waals surface area contributed by atoms with E-state index in [0.29, 0.717) is 11.4 Å². The van der Waals surface area contributed by atoms with Crippen molar-refractivity contribution in [2.45, 2.75) is 20.4 Å². The number of anilines is 1. The van der Waals surface area contributed by atoms with Crippen LogP contribution in [-0.2, 0) is 16.1 Å². The standard InChI is InChI=1S/C14H18N2O3/c1-8-9(2)14(18)16(13(8)17)7-10-6-11(15)4-5-12(10)19-3/h4-6,8-9H,7,15H2,1-3H3. The third-order valence-corrected chi connectivity index (χ3v) is 3.69. The molecule has 1 aromatic carbocycles. The van der Waals surface area contributed by atoms with Crippen LogP contribution in [-0.4, -0.2) is 23.8 Å². The topological polar surface area (TPSA) is 72.6 Å². The fourth-order valence-corrected chi connectivity index (χ4v) is 2.28. The number of hydrogen-bond donors (Lipinski definition) is 1. The maximum Gasteiger partial charge on any atom is 0.233 e. The summed E-state index contributed by atoms with van der Waals surface area (Å²) in [7, 11) is 1.55. The molecule has 1 heterocycles. The van der Waals surface area contributed by atoms with E-state index >= 15 is 0 Å². The highest BCUT2D eigenvalue weighted by molar-refractivity contribution is 6.04. The second kappa shape index (κ2) is 4.91. The molecule has 1 aliphatic rings. The lowest BCUT2D eigenvalue weighted by Gasteiger charge is -2.17. The maximum atomic E-state index is 12.0. The van der Waals surface area contributed by atoms with Crippen molar-refractivity contribution in [3.05, 3.63) is 23.8 Å². The third-order valence-electron chi connectivity index (χ3n) is 3.69. The molecule has 1 aliphatic heterocycles. The Morgan fingerprint density at radius 3 is 2.32 bits per heavy atom. The second-order valence-corrected chi connectivity index (χ2v) is 4.91. The van der Waals surface area contributed by atoms with Crippen LogP contribution in [0, 0.1) is 11.8 Å². The van der Waals surface area contributed by atoms with E-state index in [1.807, 2.05) is 0 Å². The van der Waals surface area contributed by atoms with Gasteiger partial charge in [-0.1, -0.05) is 13.8 Å². The number of carbonyl (C=O) groups excluding carboxylic acids is 2. The molecule has 1 saturated heterocycles. The van der Waals surface area contributed by atoms with E-state index in [9.17, 15) is 9.59 Å². The van der Waals surface area contributed by atoms with Gasteiger partial charge < -0.3 is 10.5 Å². The van der Waals surface area contributed by atoms with Crippen LogP contribution in [0.2, 0.25) is 0 Å². The molecule has 1 fully saturated rings. The Morgan fingerprint density at radius 1 is 1.21 bits per heavy atom. The van der Waals surface area contributed by atoms with Crippen molar-refractivity contribution in [1.82, 2.24) is 4.90 Å². The monoisotopic (exact) mass is 262 g/mol. The van der Waals surface area contributed by atoms with Gasteiger partial charge in [0, 0.05) is 23.1 Å². The number of methoxy groups -OCH3 is 1. The molecule has 5 heteroatoms. The summed E-state index contributed by atoms with van der Waals surface area (Å²) in [6, 6.07) is 5.19. The minimum absolute atomic E-state index is 0.137. The van der Waals surface area contributed by atoms with Crippen LogP contribution in [0.15, 0.2) is 18.2 Å². The number of carbonyl (C=O) groups is 2. The zero-order valence-corrected chi connectivity index (χ0v) is 11.3. The van der Waals surface area contributed by atoms with Crippen LogP contribution < -0.4 is 10.5 Å². The highest BCUT2D eigenvalue weighted by Crippen LogP contribution is 2.29. The van der Waals surface area contributed by atoms with E-state index in [2.05, 4.69) is 0 Å². The number of imide groups is 1. The highest BCUT2D eigenvalue weighted by atomic mass is 16.5. The fourth-order valence-electron chi connectivity index (χ4n) is 2.28. The molecule has 2 atom stereocenters. The highest BCUT2D eigenvalue weighted by Gasteiger charge is 2.42. The summed E-state index contributed by atoms with van der Waals surface area (Å²) >= 11 is 0. The van der Waals surface area contributed by atoms with E-state index in [-0.39, 0.29) is 30.2 Å². The van der Waals surface area contributed by atoms with Gasteiger partial charge in [0.2, 0.25) is 11.8 Å². The van der Waals surface area contributed by atoms with Gasteiger partial charge in [-0.2, -0.15) is 0 Å². The van der Waals surface area contributed by atoms with Crippen LogP contribution >= 0.6 is 0 Å². The molecule has 0 spiro atoms. The predicted octanol–water partition coefficient (Wildman–Crippen LogP) is 1.42. The fraction of sp³-hybridized carbons (Fsp3) is 0.429. The van der Waals surface area contributed by atoms with E-state index in [0.717, 1.165) is 5.56 Å². The summed E-state index contributed by atoms with van der Waals surface area (Å²) in [5.41, 5.74) is 7.06. The van der Waals surface area contributed by atoms with Gasteiger partial charge in [-0.25, -0.2) is 0 Å². The smallest absolute Gasteiger partial charge is 0.233 e. The van der Waals surface area contributed by atoms with E-state index in [1.54, 1.807) is 39.2 Å². The van der Waals surface area contributed by atoms with Gasteiger partial charge in [0.1, 0.15) is 5.75 Å². The molecule has 0 aromatic heterocycles. The average molecular weight is 262 g/mol. The molecule has 2 amide bonds. The molecule has 0 radical (unpaired) electrons. The molecule has 2 unspecified atom stereocenters. The zero-order valence-electron chi connectivity index (χ0n) is 11.3. The first-order valence-corrected chi connectivity index (χ1v) is 6.23. The van der Waals surface area contributed by atoms with E-state index in [1.165, 1.54) is 4.90 Å². The lowest BCUT2D eigenvalue weighted by molar-refractivity contribution is -0.140. The molecule has 102 valence electrons. The van der Waals surface area contributed by atoms with Crippen LogP contribution in [0.1, 0.15) is 19.4 Å². The molecular formula is C14H18N2O3. The van der Waals surface area contributed by atoms with Crippen molar-refractivity contribution in [2.24, 2.45) is 11.8 Å². The van der Waals surface area contributed by atoms with Gasteiger partial charge in [-0.05, 0) is 18.2 Å². The first kappa shape index (κ1) is 13.4. The quantitative estimate of drug-likeness (QED) is 0.660. The number of nitrogen functional groups attached to an aromatic ring is 1. The van der Waals surface area contributed by atoms with E-state index < -0.39 is 0 Å². The number of benzene rings is 1. The summed E-state index contributed by atoms with van der Waals surface area (Å²) in [6.07, 6.45) is 0. The van der Waals surface area contributed by atoms with Gasteiger partial charge in [0.15, 0.2) is 0 Å². The summed E-state index contributed by atoms with van der Waals surface area (Å²) < 4.78 is 5.23.